The van der Waals surface area contributed by atoms with Crippen molar-refractivity contribution in [3.05, 3.63) is 24.3 Å². The van der Waals surface area contributed by atoms with Crippen molar-refractivity contribution in [2.75, 3.05) is 37.3 Å². The number of thioether (sulfide) groups is 1. The van der Waals surface area contributed by atoms with Crippen molar-refractivity contribution in [2.24, 2.45) is 0 Å². The smallest absolute Gasteiger partial charge is 0.242 e. The minimum atomic E-state index is -0.108. The topological polar surface area (TPSA) is 59.6 Å². The fourth-order valence-corrected chi connectivity index (χ4v) is 2.64. The summed E-state index contributed by atoms with van der Waals surface area (Å²) in [5.74, 6) is 2.37. The summed E-state index contributed by atoms with van der Waals surface area (Å²) in [5, 5.41) is 6.02. The van der Waals surface area contributed by atoms with Gasteiger partial charge in [0.25, 0.3) is 0 Å². The molecule has 1 aromatic carbocycles. The SMILES string of the molecule is COCCOc1cccc(NC(=O)C2CSCN2)c1.Cl. The lowest BCUT2D eigenvalue weighted by Gasteiger charge is -2.12. The van der Waals surface area contributed by atoms with E-state index in [2.05, 4.69) is 10.6 Å². The van der Waals surface area contributed by atoms with Gasteiger partial charge in [-0.3, -0.25) is 10.1 Å². The number of benzene rings is 1. The van der Waals surface area contributed by atoms with E-state index in [1.54, 1.807) is 18.9 Å². The van der Waals surface area contributed by atoms with Crippen LogP contribution in [0.25, 0.3) is 0 Å². The Morgan fingerprint density at radius 3 is 3.05 bits per heavy atom. The summed E-state index contributed by atoms with van der Waals surface area (Å²) in [4.78, 5) is 11.9. The lowest BCUT2D eigenvalue weighted by Crippen LogP contribution is -2.37. The second-order valence-electron chi connectivity index (χ2n) is 4.13. The number of anilines is 1. The van der Waals surface area contributed by atoms with Crippen LogP contribution in [0.2, 0.25) is 0 Å². The number of amides is 1. The zero-order chi connectivity index (χ0) is 13.5. The van der Waals surface area contributed by atoms with Crippen molar-refractivity contribution in [3.8, 4) is 5.75 Å². The average molecular weight is 319 g/mol. The van der Waals surface area contributed by atoms with Gasteiger partial charge >= 0.3 is 0 Å². The van der Waals surface area contributed by atoms with Crippen molar-refractivity contribution in [3.63, 3.8) is 0 Å². The number of nitrogens with one attached hydrogen (secondary N) is 2. The van der Waals surface area contributed by atoms with Crippen LogP contribution < -0.4 is 15.4 Å². The summed E-state index contributed by atoms with van der Waals surface area (Å²) in [6.45, 7) is 1.04. The maximum Gasteiger partial charge on any atom is 0.242 e. The summed E-state index contributed by atoms with van der Waals surface area (Å²) in [7, 11) is 1.63. The van der Waals surface area contributed by atoms with E-state index in [0.717, 1.165) is 23.1 Å². The quantitative estimate of drug-likeness (QED) is 0.782. The van der Waals surface area contributed by atoms with Gasteiger partial charge in [-0.15, -0.1) is 24.2 Å². The number of hydrogen-bond donors (Lipinski definition) is 2. The standard InChI is InChI=1S/C13H18N2O3S.ClH/c1-17-5-6-18-11-4-2-3-10(7-11)15-13(16)12-8-19-9-14-12;/h2-4,7,12,14H,5-6,8-9H2,1H3,(H,15,16);1H. The number of ether oxygens (including phenoxy) is 2. The van der Waals surface area contributed by atoms with Gasteiger partial charge in [-0.1, -0.05) is 6.07 Å². The summed E-state index contributed by atoms with van der Waals surface area (Å²) in [5.41, 5.74) is 0.749. The molecular weight excluding hydrogens is 300 g/mol. The van der Waals surface area contributed by atoms with Gasteiger partial charge in [0.2, 0.25) is 5.91 Å². The molecule has 5 nitrogen and oxygen atoms in total. The van der Waals surface area contributed by atoms with Gasteiger partial charge in [0.1, 0.15) is 12.4 Å². The zero-order valence-corrected chi connectivity index (χ0v) is 12.9. The molecule has 1 unspecified atom stereocenters. The minimum absolute atomic E-state index is 0. The van der Waals surface area contributed by atoms with E-state index in [1.807, 2.05) is 24.3 Å². The highest BCUT2D eigenvalue weighted by Crippen LogP contribution is 2.18. The van der Waals surface area contributed by atoms with E-state index >= 15 is 0 Å². The molecule has 0 aromatic heterocycles. The largest absolute Gasteiger partial charge is 0.491 e. The van der Waals surface area contributed by atoms with Crippen LogP contribution in [-0.4, -0.2) is 43.9 Å². The van der Waals surface area contributed by atoms with Gasteiger partial charge < -0.3 is 14.8 Å². The molecule has 2 N–H and O–H groups in total. The Morgan fingerprint density at radius 1 is 1.50 bits per heavy atom. The van der Waals surface area contributed by atoms with Crippen LogP contribution in [0.15, 0.2) is 24.3 Å². The molecule has 1 aliphatic heterocycles. The fourth-order valence-electron chi connectivity index (χ4n) is 1.70. The van der Waals surface area contributed by atoms with Crippen molar-refractivity contribution < 1.29 is 14.3 Å². The van der Waals surface area contributed by atoms with E-state index < -0.39 is 0 Å². The number of methoxy groups -OCH3 is 1. The molecule has 0 radical (unpaired) electrons. The zero-order valence-electron chi connectivity index (χ0n) is 11.3. The first-order valence-electron chi connectivity index (χ1n) is 6.13. The summed E-state index contributed by atoms with van der Waals surface area (Å²) in [6.07, 6.45) is 0. The van der Waals surface area contributed by atoms with Gasteiger partial charge in [0, 0.05) is 30.5 Å². The third-order valence-corrected chi connectivity index (χ3v) is 3.63. The summed E-state index contributed by atoms with van der Waals surface area (Å²) >= 11 is 1.73. The molecule has 112 valence electrons. The molecule has 1 saturated heterocycles. The fraction of sp³-hybridized carbons (Fsp3) is 0.462. The summed E-state index contributed by atoms with van der Waals surface area (Å²) < 4.78 is 10.4. The van der Waals surface area contributed by atoms with E-state index in [4.69, 9.17) is 9.47 Å². The van der Waals surface area contributed by atoms with Crippen molar-refractivity contribution >= 4 is 35.8 Å². The molecular formula is C13H19ClN2O3S. The third-order valence-electron chi connectivity index (χ3n) is 2.69. The van der Waals surface area contributed by atoms with Crippen molar-refractivity contribution in [2.45, 2.75) is 6.04 Å². The Balaban J connectivity index is 0.00000200. The maximum absolute atomic E-state index is 11.9. The number of rotatable bonds is 6. The third kappa shape index (κ3) is 5.20. The predicted octanol–water partition coefficient (Wildman–Crippen LogP) is 1.73. The first kappa shape index (κ1) is 17.1. The van der Waals surface area contributed by atoms with Gasteiger partial charge in [-0.05, 0) is 12.1 Å². The Morgan fingerprint density at radius 2 is 2.35 bits per heavy atom. The van der Waals surface area contributed by atoms with E-state index in [0.29, 0.717) is 13.2 Å². The average Bonchev–Trinajstić information content (AvgIpc) is 2.93. The Hall–Kier alpha value is -0.950. The molecule has 0 saturated carbocycles. The first-order valence-corrected chi connectivity index (χ1v) is 7.29. The second-order valence-corrected chi connectivity index (χ2v) is 5.16. The van der Waals surface area contributed by atoms with Crippen LogP contribution in [0.1, 0.15) is 0 Å². The predicted molar refractivity (Wildman–Crippen MR) is 83.9 cm³/mol. The molecule has 1 aromatic rings. The Kier molecular flexibility index (Phi) is 7.76. The van der Waals surface area contributed by atoms with Gasteiger partial charge in [0.05, 0.1) is 12.6 Å². The van der Waals surface area contributed by atoms with Gasteiger partial charge in [-0.2, -0.15) is 0 Å². The van der Waals surface area contributed by atoms with E-state index in [-0.39, 0.29) is 24.4 Å². The maximum atomic E-state index is 11.9. The molecule has 0 spiro atoms. The number of halogens is 1. The molecule has 20 heavy (non-hydrogen) atoms. The monoisotopic (exact) mass is 318 g/mol. The highest BCUT2D eigenvalue weighted by atomic mass is 35.5. The highest BCUT2D eigenvalue weighted by molar-refractivity contribution is 7.99. The molecule has 0 aliphatic carbocycles. The molecule has 1 amide bonds. The molecule has 2 rings (SSSR count). The van der Waals surface area contributed by atoms with Gasteiger partial charge in [0.15, 0.2) is 0 Å². The molecule has 1 fully saturated rings. The van der Waals surface area contributed by atoms with E-state index in [9.17, 15) is 4.79 Å². The minimum Gasteiger partial charge on any atom is -0.491 e. The first-order chi connectivity index (χ1) is 9.29. The molecule has 1 atom stereocenters. The summed E-state index contributed by atoms with van der Waals surface area (Å²) in [6, 6.07) is 7.27. The van der Waals surface area contributed by atoms with Crippen LogP contribution >= 0.6 is 24.2 Å². The molecule has 0 bridgehead atoms. The van der Waals surface area contributed by atoms with Crippen LogP contribution in [0.3, 0.4) is 0 Å². The van der Waals surface area contributed by atoms with Crippen LogP contribution in [0, 0.1) is 0 Å². The van der Waals surface area contributed by atoms with Crippen LogP contribution in [-0.2, 0) is 9.53 Å². The second kappa shape index (κ2) is 9.07. The number of hydrogen-bond acceptors (Lipinski definition) is 5. The Bertz CT molecular complexity index is 428. The Labute approximate surface area is 129 Å². The highest BCUT2D eigenvalue weighted by Gasteiger charge is 2.22. The van der Waals surface area contributed by atoms with Gasteiger partial charge in [-0.25, -0.2) is 0 Å². The molecule has 1 heterocycles. The number of carbonyl (C=O) groups excluding carboxylic acids is 1. The normalized spacial score (nSPS) is 17.4. The van der Waals surface area contributed by atoms with E-state index in [1.165, 1.54) is 0 Å². The lowest BCUT2D eigenvalue weighted by molar-refractivity contribution is -0.117. The molecule has 7 heteroatoms. The molecule has 1 aliphatic rings. The van der Waals surface area contributed by atoms with Crippen molar-refractivity contribution in [1.82, 2.24) is 5.32 Å². The number of carbonyl (C=O) groups is 1. The van der Waals surface area contributed by atoms with Crippen molar-refractivity contribution in [1.29, 1.82) is 0 Å². The van der Waals surface area contributed by atoms with Crippen LogP contribution in [0.4, 0.5) is 5.69 Å². The van der Waals surface area contributed by atoms with Crippen LogP contribution in [0.5, 0.6) is 5.75 Å². The lowest BCUT2D eigenvalue weighted by atomic mass is 10.2.